The highest BCUT2D eigenvalue weighted by Crippen LogP contribution is 2.43. The topological polar surface area (TPSA) is 41.0 Å². The Morgan fingerprint density at radius 1 is 0.903 bits per heavy atom. The highest BCUT2D eigenvalue weighted by molar-refractivity contribution is 5.75. The molecule has 1 aliphatic carbocycles. The number of piperidine rings is 1. The Kier molecular flexibility index (Phi) is 5.42. The lowest BCUT2D eigenvalue weighted by molar-refractivity contribution is 0.0355. The van der Waals surface area contributed by atoms with E-state index in [4.69, 9.17) is 0 Å². The second kappa shape index (κ2) is 8.23. The van der Waals surface area contributed by atoms with Gasteiger partial charge in [0, 0.05) is 36.8 Å². The summed E-state index contributed by atoms with van der Waals surface area (Å²) in [6.45, 7) is 1.78. The van der Waals surface area contributed by atoms with Crippen molar-refractivity contribution in [3.05, 3.63) is 70.1 Å². The van der Waals surface area contributed by atoms with E-state index < -0.39 is 11.6 Å². The number of benzene rings is 2. The number of fused-ring (bicyclic) bond motifs is 1. The zero-order chi connectivity index (χ0) is 21.4. The maximum Gasteiger partial charge on any atom is 0.326 e. The van der Waals surface area contributed by atoms with Gasteiger partial charge in [-0.25, -0.2) is 13.6 Å². The molecule has 1 N–H and O–H groups in total. The third-order valence-electron chi connectivity index (χ3n) is 7.44. The predicted octanol–water partition coefficient (Wildman–Crippen LogP) is 5.49. The number of likely N-dealkylation sites (tertiary alicyclic amines) is 1. The molecule has 0 amide bonds. The predicted molar refractivity (Wildman–Crippen MR) is 118 cm³/mol. The summed E-state index contributed by atoms with van der Waals surface area (Å²) in [4.78, 5) is 17.9. The van der Waals surface area contributed by atoms with Crippen LogP contribution in [0.15, 0.2) is 47.3 Å². The summed E-state index contributed by atoms with van der Waals surface area (Å²) >= 11 is 0. The number of nitrogens with zero attached hydrogens (tertiary/aromatic N) is 2. The van der Waals surface area contributed by atoms with Gasteiger partial charge in [0.15, 0.2) is 11.6 Å². The molecule has 31 heavy (non-hydrogen) atoms. The van der Waals surface area contributed by atoms with E-state index in [2.05, 4.69) is 40.2 Å². The standard InChI is InChI=1S/C25H29F2N3O/c26-20-16-22-23(17-21(20)27)30(24(31)28-22)19-10-14-29(15-11-19)25(12-6-1-2-7-13-25)18-8-4-3-5-9-18/h3-5,8-9,16-17,19H,1-2,6-7,10-15H2,(H,28,31). The average Bonchev–Trinajstić information content (AvgIpc) is 2.95. The molecule has 1 saturated heterocycles. The first-order valence-electron chi connectivity index (χ1n) is 11.5. The van der Waals surface area contributed by atoms with E-state index in [0.717, 1.165) is 38.1 Å². The summed E-state index contributed by atoms with van der Waals surface area (Å²) in [5, 5.41) is 0. The van der Waals surface area contributed by atoms with Crippen LogP contribution in [0.25, 0.3) is 11.0 Å². The van der Waals surface area contributed by atoms with Crippen molar-refractivity contribution in [3.8, 4) is 0 Å². The van der Waals surface area contributed by atoms with Crippen molar-refractivity contribution < 1.29 is 8.78 Å². The molecule has 6 heteroatoms. The molecule has 2 aromatic carbocycles. The average molecular weight is 426 g/mol. The minimum Gasteiger partial charge on any atom is -0.305 e. The molecule has 1 aromatic heterocycles. The van der Waals surface area contributed by atoms with E-state index in [1.807, 2.05) is 0 Å². The van der Waals surface area contributed by atoms with Gasteiger partial charge in [0.2, 0.25) is 0 Å². The number of hydrogen-bond acceptors (Lipinski definition) is 2. The van der Waals surface area contributed by atoms with Gasteiger partial charge in [0.05, 0.1) is 11.0 Å². The van der Waals surface area contributed by atoms with Crippen molar-refractivity contribution in [2.75, 3.05) is 13.1 Å². The molecule has 1 saturated carbocycles. The molecule has 3 aromatic rings. The molecule has 2 fully saturated rings. The lowest BCUT2D eigenvalue weighted by Crippen LogP contribution is -2.50. The quantitative estimate of drug-likeness (QED) is 0.564. The molecular weight excluding hydrogens is 396 g/mol. The van der Waals surface area contributed by atoms with Gasteiger partial charge in [-0.1, -0.05) is 56.0 Å². The molecule has 5 rings (SSSR count). The van der Waals surface area contributed by atoms with Crippen LogP contribution in [0.4, 0.5) is 8.78 Å². The van der Waals surface area contributed by atoms with Gasteiger partial charge in [-0.2, -0.15) is 0 Å². The fraction of sp³-hybridized carbons (Fsp3) is 0.480. The van der Waals surface area contributed by atoms with Crippen molar-refractivity contribution in [2.24, 2.45) is 0 Å². The molecule has 2 heterocycles. The van der Waals surface area contributed by atoms with Crippen LogP contribution < -0.4 is 5.69 Å². The molecule has 164 valence electrons. The van der Waals surface area contributed by atoms with Crippen LogP contribution in [0.3, 0.4) is 0 Å². The van der Waals surface area contributed by atoms with Crippen LogP contribution >= 0.6 is 0 Å². The van der Waals surface area contributed by atoms with Crippen LogP contribution in [0, 0.1) is 11.6 Å². The van der Waals surface area contributed by atoms with Crippen LogP contribution in [-0.4, -0.2) is 27.5 Å². The summed E-state index contributed by atoms with van der Waals surface area (Å²) in [7, 11) is 0. The van der Waals surface area contributed by atoms with Gasteiger partial charge in [-0.05, 0) is 31.2 Å². The fourth-order valence-electron chi connectivity index (χ4n) is 5.88. The molecular formula is C25H29F2N3O. The Bertz CT molecular complexity index is 1100. The molecule has 1 aliphatic heterocycles. The number of rotatable bonds is 3. The first kappa shape index (κ1) is 20.4. The number of aromatic amines is 1. The van der Waals surface area contributed by atoms with Gasteiger partial charge in [-0.3, -0.25) is 9.47 Å². The number of imidazole rings is 1. The largest absolute Gasteiger partial charge is 0.326 e. The monoisotopic (exact) mass is 425 g/mol. The van der Waals surface area contributed by atoms with Crippen LogP contribution in [0.5, 0.6) is 0 Å². The minimum absolute atomic E-state index is 0.0130. The van der Waals surface area contributed by atoms with E-state index in [1.54, 1.807) is 4.57 Å². The van der Waals surface area contributed by atoms with E-state index >= 15 is 0 Å². The van der Waals surface area contributed by atoms with E-state index in [1.165, 1.54) is 44.1 Å². The Hall–Kier alpha value is -2.47. The van der Waals surface area contributed by atoms with Gasteiger partial charge >= 0.3 is 5.69 Å². The minimum atomic E-state index is -0.936. The highest BCUT2D eigenvalue weighted by Gasteiger charge is 2.40. The van der Waals surface area contributed by atoms with E-state index in [-0.39, 0.29) is 17.3 Å². The van der Waals surface area contributed by atoms with Crippen molar-refractivity contribution >= 4 is 11.0 Å². The zero-order valence-electron chi connectivity index (χ0n) is 17.7. The first-order valence-corrected chi connectivity index (χ1v) is 11.5. The first-order chi connectivity index (χ1) is 15.1. The summed E-state index contributed by atoms with van der Waals surface area (Å²) in [5.74, 6) is -1.85. The molecule has 0 atom stereocenters. The summed E-state index contributed by atoms with van der Waals surface area (Å²) < 4.78 is 29.1. The Labute approximate surface area is 180 Å². The molecule has 0 spiro atoms. The Balaban J connectivity index is 1.43. The fourth-order valence-corrected chi connectivity index (χ4v) is 5.88. The van der Waals surface area contributed by atoms with Gasteiger partial charge in [0.1, 0.15) is 0 Å². The molecule has 2 aliphatic rings. The molecule has 0 bridgehead atoms. The number of aromatic nitrogens is 2. The summed E-state index contributed by atoms with van der Waals surface area (Å²) in [6.07, 6.45) is 9.03. The lowest BCUT2D eigenvalue weighted by atomic mass is 9.79. The van der Waals surface area contributed by atoms with Crippen molar-refractivity contribution in [1.82, 2.24) is 14.5 Å². The normalized spacial score (nSPS) is 20.7. The maximum atomic E-state index is 13.9. The lowest BCUT2D eigenvalue weighted by Gasteiger charge is -2.47. The second-order valence-corrected chi connectivity index (χ2v) is 9.11. The molecule has 0 unspecified atom stereocenters. The second-order valence-electron chi connectivity index (χ2n) is 9.11. The van der Waals surface area contributed by atoms with Crippen molar-refractivity contribution in [1.29, 1.82) is 0 Å². The Morgan fingerprint density at radius 2 is 1.55 bits per heavy atom. The van der Waals surface area contributed by atoms with E-state index in [9.17, 15) is 13.6 Å². The van der Waals surface area contributed by atoms with Crippen molar-refractivity contribution in [2.45, 2.75) is 62.9 Å². The van der Waals surface area contributed by atoms with Gasteiger partial charge in [-0.15, -0.1) is 0 Å². The summed E-state index contributed by atoms with van der Waals surface area (Å²) in [5.41, 5.74) is 1.98. The molecule has 4 nitrogen and oxygen atoms in total. The number of nitrogens with one attached hydrogen (secondary N) is 1. The van der Waals surface area contributed by atoms with Crippen LogP contribution in [0.2, 0.25) is 0 Å². The third kappa shape index (κ3) is 3.61. The number of halogens is 2. The number of hydrogen-bond donors (Lipinski definition) is 1. The summed E-state index contributed by atoms with van der Waals surface area (Å²) in [6, 6.07) is 13.1. The van der Waals surface area contributed by atoms with E-state index in [0.29, 0.717) is 11.0 Å². The van der Waals surface area contributed by atoms with Crippen molar-refractivity contribution in [3.63, 3.8) is 0 Å². The number of H-pyrrole nitrogens is 1. The van der Waals surface area contributed by atoms with Gasteiger partial charge < -0.3 is 4.98 Å². The molecule has 0 radical (unpaired) electrons. The van der Waals surface area contributed by atoms with Gasteiger partial charge in [0.25, 0.3) is 0 Å². The zero-order valence-corrected chi connectivity index (χ0v) is 17.7. The third-order valence-corrected chi connectivity index (χ3v) is 7.44. The van der Waals surface area contributed by atoms with Crippen LogP contribution in [-0.2, 0) is 5.54 Å². The Morgan fingerprint density at radius 3 is 2.23 bits per heavy atom. The SMILES string of the molecule is O=c1[nH]c2cc(F)c(F)cc2n1C1CCN(C2(c3ccccc3)CCCCCC2)CC1. The van der Waals surface area contributed by atoms with Crippen LogP contribution in [0.1, 0.15) is 63.0 Å². The smallest absolute Gasteiger partial charge is 0.305 e. The highest BCUT2D eigenvalue weighted by atomic mass is 19.2. The maximum absolute atomic E-state index is 13.9.